The van der Waals surface area contributed by atoms with E-state index in [1.807, 2.05) is 0 Å². The Hall–Kier alpha value is -2.93. The largest absolute Gasteiger partial charge is 0.486 e. The van der Waals surface area contributed by atoms with Gasteiger partial charge >= 0.3 is 0 Å². The molecule has 150 valence electrons. The molecule has 1 saturated heterocycles. The Kier molecular flexibility index (Phi) is 4.10. The Bertz CT molecular complexity index is 986. The Morgan fingerprint density at radius 3 is 2.41 bits per heavy atom. The number of nitrogens with zero attached hydrogens (tertiary/aromatic N) is 2. The molecule has 0 saturated carbocycles. The van der Waals surface area contributed by atoms with Crippen molar-refractivity contribution in [2.75, 3.05) is 18.8 Å². The second-order valence-electron chi connectivity index (χ2n) is 8.42. The summed E-state index contributed by atoms with van der Waals surface area (Å²) in [5.74, 6) is 0.280. The number of nitrogen functional groups attached to an aromatic ring is 1. The van der Waals surface area contributed by atoms with Gasteiger partial charge in [0.05, 0.1) is 16.9 Å². The van der Waals surface area contributed by atoms with Crippen LogP contribution in [0.25, 0.3) is 0 Å². The molecule has 2 N–H and O–H groups in total. The molecule has 1 fully saturated rings. The standard InChI is InChI=1S/C22H23N3O4/c23-18-12-21-17(11-19(18)25(27)28)20(26)13-22(29-21)5-7-24(8-6-22)16-9-14-3-1-2-4-15(14)10-16/h1-4,11-12,16H,5-10,13,23H2. The number of carbonyl (C=O) groups is 1. The molecule has 2 aliphatic heterocycles. The van der Waals surface area contributed by atoms with Gasteiger partial charge in [-0.25, -0.2) is 0 Å². The molecular formula is C22H23N3O4. The molecule has 1 aliphatic carbocycles. The zero-order valence-corrected chi connectivity index (χ0v) is 16.1. The Balaban J connectivity index is 1.31. The highest BCUT2D eigenvalue weighted by Gasteiger charge is 2.45. The number of Topliss-reactive ketones (excluding diaryl/α,β-unsaturated/α-hetero) is 1. The van der Waals surface area contributed by atoms with Crippen LogP contribution < -0.4 is 10.5 Å². The van der Waals surface area contributed by atoms with E-state index in [1.54, 1.807) is 0 Å². The Labute approximate surface area is 168 Å². The van der Waals surface area contributed by atoms with Gasteiger partial charge < -0.3 is 10.5 Å². The Morgan fingerprint density at radius 2 is 1.79 bits per heavy atom. The van der Waals surface area contributed by atoms with Gasteiger partial charge in [-0.05, 0) is 24.0 Å². The van der Waals surface area contributed by atoms with Gasteiger partial charge in [-0.3, -0.25) is 19.8 Å². The van der Waals surface area contributed by atoms with Crippen LogP contribution in [0.3, 0.4) is 0 Å². The second kappa shape index (κ2) is 6.56. The van der Waals surface area contributed by atoms with Crippen LogP contribution in [0.15, 0.2) is 36.4 Å². The molecule has 0 unspecified atom stereocenters. The summed E-state index contributed by atoms with van der Waals surface area (Å²) < 4.78 is 6.27. The minimum absolute atomic E-state index is 0.0276. The van der Waals surface area contributed by atoms with Crippen molar-refractivity contribution in [2.24, 2.45) is 0 Å². The number of hydrogen-bond donors (Lipinski definition) is 1. The van der Waals surface area contributed by atoms with Gasteiger partial charge in [0, 0.05) is 44.1 Å². The van der Waals surface area contributed by atoms with Crippen LogP contribution in [0.5, 0.6) is 5.75 Å². The van der Waals surface area contributed by atoms with Crippen LogP contribution in [0.2, 0.25) is 0 Å². The first-order valence-electron chi connectivity index (χ1n) is 10.1. The number of ether oxygens (including phenoxy) is 1. The number of carbonyl (C=O) groups excluding carboxylic acids is 1. The van der Waals surface area contributed by atoms with Crippen LogP contribution in [0.4, 0.5) is 11.4 Å². The van der Waals surface area contributed by atoms with Gasteiger partial charge in [-0.15, -0.1) is 0 Å². The minimum atomic E-state index is -0.564. The number of ketones is 1. The van der Waals surface area contributed by atoms with Crippen LogP contribution in [-0.4, -0.2) is 40.3 Å². The molecule has 0 aromatic heterocycles. The van der Waals surface area contributed by atoms with E-state index in [1.165, 1.54) is 23.3 Å². The molecule has 0 atom stereocenters. The fourth-order valence-corrected chi connectivity index (χ4v) is 5.07. The number of nitro benzene ring substituents is 1. The first kappa shape index (κ1) is 18.1. The van der Waals surface area contributed by atoms with Crippen molar-refractivity contribution in [2.45, 2.75) is 43.7 Å². The predicted molar refractivity (Wildman–Crippen MR) is 108 cm³/mol. The number of nitro groups is 1. The van der Waals surface area contributed by atoms with E-state index in [2.05, 4.69) is 29.2 Å². The number of nitrogens with two attached hydrogens (primary N) is 1. The third kappa shape index (κ3) is 3.06. The molecule has 1 spiro atoms. The molecule has 7 heteroatoms. The molecule has 0 bridgehead atoms. The number of rotatable bonds is 2. The summed E-state index contributed by atoms with van der Waals surface area (Å²) in [6.45, 7) is 1.76. The topological polar surface area (TPSA) is 98.7 Å². The van der Waals surface area contributed by atoms with Crippen molar-refractivity contribution in [3.8, 4) is 5.75 Å². The summed E-state index contributed by atoms with van der Waals surface area (Å²) in [5.41, 5.74) is 8.21. The molecule has 0 amide bonds. The maximum Gasteiger partial charge on any atom is 0.293 e. The first-order valence-corrected chi connectivity index (χ1v) is 10.1. The molecule has 2 heterocycles. The zero-order chi connectivity index (χ0) is 20.2. The van der Waals surface area contributed by atoms with Gasteiger partial charge in [-0.2, -0.15) is 0 Å². The van der Waals surface area contributed by atoms with Crippen molar-refractivity contribution >= 4 is 17.2 Å². The highest BCUT2D eigenvalue weighted by Crippen LogP contribution is 2.43. The van der Waals surface area contributed by atoms with E-state index in [0.717, 1.165) is 38.8 Å². The smallest absolute Gasteiger partial charge is 0.293 e. The summed E-state index contributed by atoms with van der Waals surface area (Å²) in [4.78, 5) is 25.8. The van der Waals surface area contributed by atoms with Gasteiger partial charge in [-0.1, -0.05) is 24.3 Å². The van der Waals surface area contributed by atoms with Gasteiger partial charge in [0.25, 0.3) is 5.69 Å². The van der Waals surface area contributed by atoms with E-state index in [0.29, 0.717) is 11.8 Å². The number of benzene rings is 2. The van der Waals surface area contributed by atoms with Crippen LogP contribution in [-0.2, 0) is 12.8 Å². The fourth-order valence-electron chi connectivity index (χ4n) is 5.07. The highest BCUT2D eigenvalue weighted by molar-refractivity contribution is 6.01. The van der Waals surface area contributed by atoms with Crippen molar-refractivity contribution in [1.29, 1.82) is 0 Å². The summed E-state index contributed by atoms with van der Waals surface area (Å²) in [7, 11) is 0. The van der Waals surface area contributed by atoms with E-state index in [-0.39, 0.29) is 29.1 Å². The second-order valence-corrected chi connectivity index (χ2v) is 8.42. The van der Waals surface area contributed by atoms with Gasteiger partial charge in [0.1, 0.15) is 17.0 Å². The average molecular weight is 393 g/mol. The van der Waals surface area contributed by atoms with Gasteiger partial charge in [0.2, 0.25) is 0 Å². The minimum Gasteiger partial charge on any atom is -0.486 e. The lowest BCUT2D eigenvalue weighted by atomic mass is 9.82. The normalized spacial score (nSPS) is 20.9. The van der Waals surface area contributed by atoms with Crippen molar-refractivity contribution < 1.29 is 14.5 Å². The quantitative estimate of drug-likeness (QED) is 0.478. The molecule has 2 aromatic carbocycles. The zero-order valence-electron chi connectivity index (χ0n) is 16.1. The third-order valence-corrected chi connectivity index (χ3v) is 6.69. The monoisotopic (exact) mass is 393 g/mol. The van der Waals surface area contributed by atoms with E-state index >= 15 is 0 Å². The molecule has 29 heavy (non-hydrogen) atoms. The molecule has 2 aromatic rings. The number of fused-ring (bicyclic) bond motifs is 2. The van der Waals surface area contributed by atoms with E-state index < -0.39 is 10.5 Å². The highest BCUT2D eigenvalue weighted by atomic mass is 16.6. The molecular weight excluding hydrogens is 370 g/mol. The number of anilines is 1. The molecule has 3 aliphatic rings. The summed E-state index contributed by atoms with van der Waals surface area (Å²) in [6, 6.07) is 11.8. The SMILES string of the molecule is Nc1cc2c(cc1[N+](=O)[O-])C(=O)CC1(CCN(C3Cc4ccccc4C3)CC1)O2. The van der Waals surface area contributed by atoms with Gasteiger partial charge in [0.15, 0.2) is 5.78 Å². The number of likely N-dealkylation sites (tertiary alicyclic amines) is 1. The summed E-state index contributed by atoms with van der Waals surface area (Å²) >= 11 is 0. The van der Waals surface area contributed by atoms with Crippen molar-refractivity contribution in [3.63, 3.8) is 0 Å². The van der Waals surface area contributed by atoms with Crippen LogP contribution in [0, 0.1) is 10.1 Å². The van der Waals surface area contributed by atoms with Crippen molar-refractivity contribution in [1.82, 2.24) is 4.90 Å². The maximum absolute atomic E-state index is 12.8. The van der Waals surface area contributed by atoms with Crippen molar-refractivity contribution in [3.05, 3.63) is 63.2 Å². The van der Waals surface area contributed by atoms with Crippen LogP contribution >= 0.6 is 0 Å². The maximum atomic E-state index is 12.8. The summed E-state index contributed by atoms with van der Waals surface area (Å²) in [5, 5.41) is 11.1. The third-order valence-electron chi connectivity index (χ3n) is 6.69. The predicted octanol–water partition coefficient (Wildman–Crippen LogP) is 3.14. The molecule has 5 rings (SSSR count). The van der Waals surface area contributed by atoms with E-state index in [9.17, 15) is 14.9 Å². The fraction of sp³-hybridized carbons (Fsp3) is 0.409. The number of hydrogen-bond acceptors (Lipinski definition) is 6. The summed E-state index contributed by atoms with van der Waals surface area (Å²) in [6.07, 6.45) is 3.95. The number of piperidine rings is 1. The first-order chi connectivity index (χ1) is 13.9. The lowest BCUT2D eigenvalue weighted by Crippen LogP contribution is -2.53. The van der Waals surface area contributed by atoms with E-state index in [4.69, 9.17) is 10.5 Å². The molecule has 0 radical (unpaired) electrons. The molecule has 7 nitrogen and oxygen atoms in total. The average Bonchev–Trinajstić information content (AvgIpc) is 3.12. The lowest BCUT2D eigenvalue weighted by Gasteiger charge is -2.45. The Morgan fingerprint density at radius 1 is 1.14 bits per heavy atom. The lowest BCUT2D eigenvalue weighted by molar-refractivity contribution is -0.384. The van der Waals surface area contributed by atoms with Crippen LogP contribution in [0.1, 0.15) is 40.7 Å².